The standard InChI is InChI=1S/C13H13FN2S/c1-9(2)8-17-13-15-7-12(16-13)10-3-5-11(14)6-4-10/h3-7H,1,8H2,2H3,(H,15,16). The highest BCUT2D eigenvalue weighted by Gasteiger charge is 2.03. The predicted molar refractivity (Wildman–Crippen MR) is 69.5 cm³/mol. The van der Waals surface area contributed by atoms with Gasteiger partial charge in [0.1, 0.15) is 5.82 Å². The zero-order valence-corrected chi connectivity index (χ0v) is 10.4. The Morgan fingerprint density at radius 2 is 2.12 bits per heavy atom. The van der Waals surface area contributed by atoms with Crippen molar-refractivity contribution in [1.82, 2.24) is 9.97 Å². The summed E-state index contributed by atoms with van der Waals surface area (Å²) in [5.41, 5.74) is 2.94. The van der Waals surface area contributed by atoms with E-state index in [1.807, 2.05) is 6.92 Å². The first-order valence-electron chi connectivity index (χ1n) is 5.23. The molecule has 1 heterocycles. The van der Waals surface area contributed by atoms with Gasteiger partial charge in [-0.15, -0.1) is 0 Å². The quantitative estimate of drug-likeness (QED) is 0.657. The second-order valence-corrected chi connectivity index (χ2v) is 4.82. The first-order valence-corrected chi connectivity index (χ1v) is 6.22. The van der Waals surface area contributed by atoms with Gasteiger partial charge in [-0.3, -0.25) is 0 Å². The summed E-state index contributed by atoms with van der Waals surface area (Å²) in [6.45, 7) is 5.82. The van der Waals surface area contributed by atoms with Gasteiger partial charge in [-0.1, -0.05) is 23.9 Å². The minimum atomic E-state index is -0.231. The lowest BCUT2D eigenvalue weighted by Crippen LogP contribution is -1.82. The molecule has 0 aliphatic rings. The van der Waals surface area contributed by atoms with Crippen LogP contribution in [0.15, 0.2) is 47.8 Å². The van der Waals surface area contributed by atoms with Crippen LogP contribution in [0.4, 0.5) is 4.39 Å². The number of aromatic amines is 1. The van der Waals surface area contributed by atoms with Crippen molar-refractivity contribution in [2.24, 2.45) is 0 Å². The van der Waals surface area contributed by atoms with Gasteiger partial charge in [0.2, 0.25) is 0 Å². The van der Waals surface area contributed by atoms with Crippen molar-refractivity contribution in [2.45, 2.75) is 12.1 Å². The molecule has 1 N–H and O–H groups in total. The van der Waals surface area contributed by atoms with Crippen LogP contribution in [-0.2, 0) is 0 Å². The molecule has 88 valence electrons. The molecule has 0 aliphatic heterocycles. The molecule has 2 aromatic rings. The van der Waals surface area contributed by atoms with Crippen molar-refractivity contribution in [1.29, 1.82) is 0 Å². The molecule has 0 bridgehead atoms. The summed E-state index contributed by atoms with van der Waals surface area (Å²) >= 11 is 1.61. The van der Waals surface area contributed by atoms with Gasteiger partial charge in [-0.25, -0.2) is 9.37 Å². The topological polar surface area (TPSA) is 28.7 Å². The Bertz CT molecular complexity index is 516. The summed E-state index contributed by atoms with van der Waals surface area (Å²) in [5, 5.41) is 0.854. The molecule has 2 rings (SSSR count). The highest BCUT2D eigenvalue weighted by Crippen LogP contribution is 2.22. The number of nitrogens with one attached hydrogen (secondary N) is 1. The van der Waals surface area contributed by atoms with E-state index < -0.39 is 0 Å². The Hall–Kier alpha value is -1.55. The fraction of sp³-hybridized carbons (Fsp3) is 0.154. The molecule has 0 amide bonds. The zero-order valence-electron chi connectivity index (χ0n) is 9.53. The van der Waals surface area contributed by atoms with Crippen LogP contribution >= 0.6 is 11.8 Å². The maximum atomic E-state index is 12.8. The largest absolute Gasteiger partial charge is 0.333 e. The van der Waals surface area contributed by atoms with Gasteiger partial charge in [0.05, 0.1) is 11.9 Å². The molecule has 0 spiro atoms. The van der Waals surface area contributed by atoms with Gasteiger partial charge in [-0.2, -0.15) is 0 Å². The third-order valence-electron chi connectivity index (χ3n) is 2.16. The number of rotatable bonds is 4. The van der Waals surface area contributed by atoms with Crippen LogP contribution in [0.1, 0.15) is 6.92 Å². The summed E-state index contributed by atoms with van der Waals surface area (Å²) in [6, 6.07) is 6.35. The van der Waals surface area contributed by atoms with E-state index in [1.54, 1.807) is 30.1 Å². The number of nitrogens with zero attached hydrogens (tertiary/aromatic N) is 1. The van der Waals surface area contributed by atoms with Gasteiger partial charge in [0, 0.05) is 5.75 Å². The average molecular weight is 248 g/mol. The first-order chi connectivity index (χ1) is 8.15. The van der Waals surface area contributed by atoms with Crippen molar-refractivity contribution in [2.75, 3.05) is 5.75 Å². The van der Waals surface area contributed by atoms with Crippen LogP contribution in [0.25, 0.3) is 11.3 Å². The Morgan fingerprint density at radius 1 is 1.41 bits per heavy atom. The lowest BCUT2D eigenvalue weighted by atomic mass is 10.2. The Labute approximate surface area is 104 Å². The van der Waals surface area contributed by atoms with Crippen LogP contribution in [0.3, 0.4) is 0 Å². The highest BCUT2D eigenvalue weighted by atomic mass is 32.2. The van der Waals surface area contributed by atoms with Crippen LogP contribution < -0.4 is 0 Å². The Balaban J connectivity index is 2.12. The van der Waals surface area contributed by atoms with E-state index in [2.05, 4.69) is 16.5 Å². The van der Waals surface area contributed by atoms with Gasteiger partial charge in [0.25, 0.3) is 0 Å². The van der Waals surface area contributed by atoms with Crippen molar-refractivity contribution >= 4 is 11.8 Å². The van der Waals surface area contributed by atoms with Gasteiger partial charge < -0.3 is 4.98 Å². The number of H-pyrrole nitrogens is 1. The van der Waals surface area contributed by atoms with Crippen LogP contribution in [0.2, 0.25) is 0 Å². The van der Waals surface area contributed by atoms with E-state index in [9.17, 15) is 4.39 Å². The lowest BCUT2D eigenvalue weighted by molar-refractivity contribution is 0.628. The molecule has 0 atom stereocenters. The molecular weight excluding hydrogens is 235 g/mol. The number of halogens is 1. The zero-order chi connectivity index (χ0) is 12.3. The molecule has 0 saturated carbocycles. The SMILES string of the molecule is C=C(C)CSc1ncc(-c2ccc(F)cc2)[nH]1. The van der Waals surface area contributed by atoms with Crippen molar-refractivity contribution in [3.8, 4) is 11.3 Å². The molecule has 0 unspecified atom stereocenters. The van der Waals surface area contributed by atoms with E-state index in [-0.39, 0.29) is 5.82 Å². The van der Waals surface area contributed by atoms with E-state index in [0.717, 1.165) is 27.7 Å². The summed E-state index contributed by atoms with van der Waals surface area (Å²) in [6.07, 6.45) is 1.76. The number of imidazole rings is 1. The average Bonchev–Trinajstić information content (AvgIpc) is 2.76. The molecule has 2 nitrogen and oxygen atoms in total. The highest BCUT2D eigenvalue weighted by molar-refractivity contribution is 7.99. The Kier molecular flexibility index (Phi) is 3.64. The van der Waals surface area contributed by atoms with Gasteiger partial charge >= 0.3 is 0 Å². The van der Waals surface area contributed by atoms with E-state index in [4.69, 9.17) is 0 Å². The Morgan fingerprint density at radius 3 is 2.76 bits per heavy atom. The summed E-state index contributed by atoms with van der Waals surface area (Å²) < 4.78 is 12.8. The summed E-state index contributed by atoms with van der Waals surface area (Å²) in [4.78, 5) is 7.45. The monoisotopic (exact) mass is 248 g/mol. The molecule has 0 radical (unpaired) electrons. The lowest BCUT2D eigenvalue weighted by Gasteiger charge is -1.97. The minimum Gasteiger partial charge on any atom is -0.333 e. The minimum absolute atomic E-state index is 0.231. The van der Waals surface area contributed by atoms with Crippen LogP contribution in [0.5, 0.6) is 0 Å². The molecule has 17 heavy (non-hydrogen) atoms. The fourth-order valence-corrected chi connectivity index (χ4v) is 2.04. The number of hydrogen-bond donors (Lipinski definition) is 1. The molecule has 0 fully saturated rings. The first kappa shape index (κ1) is 11.9. The van der Waals surface area contributed by atoms with Gasteiger partial charge in [0.15, 0.2) is 5.16 Å². The summed E-state index contributed by atoms with van der Waals surface area (Å²) in [5.74, 6) is 0.612. The predicted octanol–water partition coefficient (Wildman–Crippen LogP) is 3.88. The molecular formula is C13H13FN2S. The molecule has 1 aromatic heterocycles. The molecule has 0 aliphatic carbocycles. The third-order valence-corrected chi connectivity index (χ3v) is 3.28. The number of aromatic nitrogens is 2. The van der Waals surface area contributed by atoms with Crippen LogP contribution in [-0.4, -0.2) is 15.7 Å². The van der Waals surface area contributed by atoms with Crippen molar-refractivity contribution in [3.63, 3.8) is 0 Å². The van der Waals surface area contributed by atoms with Crippen LogP contribution in [0, 0.1) is 5.82 Å². The molecule has 1 aromatic carbocycles. The normalized spacial score (nSPS) is 10.5. The maximum absolute atomic E-state index is 12.8. The second-order valence-electron chi connectivity index (χ2n) is 3.85. The fourth-order valence-electron chi connectivity index (χ4n) is 1.34. The molecule has 4 heteroatoms. The second kappa shape index (κ2) is 5.19. The van der Waals surface area contributed by atoms with E-state index >= 15 is 0 Å². The number of hydrogen-bond acceptors (Lipinski definition) is 2. The third kappa shape index (κ3) is 3.20. The molecule has 0 saturated heterocycles. The number of thioether (sulfide) groups is 1. The summed E-state index contributed by atoms with van der Waals surface area (Å²) in [7, 11) is 0. The van der Waals surface area contributed by atoms with Crippen molar-refractivity contribution in [3.05, 3.63) is 48.4 Å². The van der Waals surface area contributed by atoms with Crippen molar-refractivity contribution < 1.29 is 4.39 Å². The smallest absolute Gasteiger partial charge is 0.166 e. The van der Waals surface area contributed by atoms with E-state index in [0.29, 0.717) is 0 Å². The van der Waals surface area contributed by atoms with Gasteiger partial charge in [-0.05, 0) is 36.8 Å². The maximum Gasteiger partial charge on any atom is 0.166 e. The van der Waals surface area contributed by atoms with E-state index in [1.165, 1.54) is 12.1 Å². The number of benzene rings is 1.